The minimum atomic E-state index is -0.0278. The maximum absolute atomic E-state index is 12.0. The van der Waals surface area contributed by atoms with Crippen molar-refractivity contribution in [2.75, 3.05) is 0 Å². The molecule has 0 radical (unpaired) electrons. The molecular weight excluding hydrogens is 248 g/mol. The maximum Gasteiger partial charge on any atom is 0.251 e. The third kappa shape index (κ3) is 2.93. The van der Waals surface area contributed by atoms with Gasteiger partial charge in [0.15, 0.2) is 0 Å². The highest BCUT2D eigenvalue weighted by Crippen LogP contribution is 2.19. The first kappa shape index (κ1) is 14.4. The number of aryl methyl sites for hydroxylation is 1. The van der Waals surface area contributed by atoms with Crippen molar-refractivity contribution in [3.8, 4) is 0 Å². The molecule has 2 aromatic rings. The second-order valence-electron chi connectivity index (χ2n) is 5.41. The molecule has 3 heteroatoms. The summed E-state index contributed by atoms with van der Waals surface area (Å²) in [6.45, 7) is 9.13. The number of amides is 1. The van der Waals surface area contributed by atoms with Crippen LogP contribution in [0.1, 0.15) is 47.2 Å². The SMILES string of the molecule is Cc1cc(CNC(=O)c2ccccc2)c(C)n1C(C)C. The van der Waals surface area contributed by atoms with Gasteiger partial charge < -0.3 is 9.88 Å². The predicted molar refractivity (Wildman–Crippen MR) is 81.9 cm³/mol. The molecule has 1 N–H and O–H groups in total. The highest BCUT2D eigenvalue weighted by Gasteiger charge is 2.12. The lowest BCUT2D eigenvalue weighted by molar-refractivity contribution is 0.0951. The number of benzene rings is 1. The molecule has 1 aromatic carbocycles. The van der Waals surface area contributed by atoms with E-state index in [-0.39, 0.29) is 5.91 Å². The van der Waals surface area contributed by atoms with Gasteiger partial charge in [-0.3, -0.25) is 4.79 Å². The fourth-order valence-corrected chi connectivity index (χ4v) is 2.69. The van der Waals surface area contributed by atoms with E-state index in [4.69, 9.17) is 0 Å². The average molecular weight is 270 g/mol. The quantitative estimate of drug-likeness (QED) is 0.904. The van der Waals surface area contributed by atoms with E-state index < -0.39 is 0 Å². The lowest BCUT2D eigenvalue weighted by Gasteiger charge is -2.14. The van der Waals surface area contributed by atoms with Crippen LogP contribution in [0, 0.1) is 13.8 Å². The van der Waals surface area contributed by atoms with Crippen molar-refractivity contribution in [2.45, 2.75) is 40.3 Å². The predicted octanol–water partition coefficient (Wildman–Crippen LogP) is 3.62. The van der Waals surface area contributed by atoms with Crippen molar-refractivity contribution in [1.29, 1.82) is 0 Å². The van der Waals surface area contributed by atoms with Crippen molar-refractivity contribution in [3.63, 3.8) is 0 Å². The Bertz CT molecular complexity index is 597. The summed E-state index contributed by atoms with van der Waals surface area (Å²) in [5, 5.41) is 2.98. The number of aromatic nitrogens is 1. The smallest absolute Gasteiger partial charge is 0.251 e. The molecule has 20 heavy (non-hydrogen) atoms. The number of carbonyl (C=O) groups excluding carboxylic acids is 1. The third-order valence-corrected chi connectivity index (χ3v) is 3.58. The summed E-state index contributed by atoms with van der Waals surface area (Å²) >= 11 is 0. The van der Waals surface area contributed by atoms with E-state index in [0.717, 1.165) is 0 Å². The lowest BCUT2D eigenvalue weighted by Crippen LogP contribution is -2.23. The number of nitrogens with one attached hydrogen (secondary N) is 1. The third-order valence-electron chi connectivity index (χ3n) is 3.58. The van der Waals surface area contributed by atoms with E-state index in [9.17, 15) is 4.79 Å². The van der Waals surface area contributed by atoms with Crippen LogP contribution in [0.15, 0.2) is 36.4 Å². The van der Waals surface area contributed by atoms with Crippen LogP contribution >= 0.6 is 0 Å². The van der Waals surface area contributed by atoms with E-state index in [1.165, 1.54) is 17.0 Å². The van der Waals surface area contributed by atoms with E-state index in [2.05, 4.69) is 43.6 Å². The first-order valence-corrected chi connectivity index (χ1v) is 7.01. The van der Waals surface area contributed by atoms with Crippen molar-refractivity contribution in [2.24, 2.45) is 0 Å². The standard InChI is InChI=1S/C17H22N2O/c1-12(2)19-13(3)10-16(14(19)4)11-18-17(20)15-8-6-5-7-9-15/h5-10,12H,11H2,1-4H3,(H,18,20). The van der Waals surface area contributed by atoms with Crippen LogP contribution in [-0.2, 0) is 6.54 Å². The van der Waals surface area contributed by atoms with E-state index in [1.807, 2.05) is 30.3 Å². The number of rotatable bonds is 4. The molecule has 2 rings (SSSR count). The summed E-state index contributed by atoms with van der Waals surface area (Å²) in [6.07, 6.45) is 0. The first-order chi connectivity index (χ1) is 9.50. The molecule has 106 valence electrons. The number of hydrogen-bond donors (Lipinski definition) is 1. The Morgan fingerprint density at radius 1 is 1.20 bits per heavy atom. The molecule has 0 saturated heterocycles. The van der Waals surface area contributed by atoms with Crippen molar-refractivity contribution in [1.82, 2.24) is 9.88 Å². The number of carbonyl (C=O) groups is 1. The minimum absolute atomic E-state index is 0.0278. The monoisotopic (exact) mass is 270 g/mol. The molecule has 0 aliphatic rings. The van der Waals surface area contributed by atoms with Gasteiger partial charge in [0.2, 0.25) is 0 Å². The van der Waals surface area contributed by atoms with Gasteiger partial charge in [-0.15, -0.1) is 0 Å². The lowest BCUT2D eigenvalue weighted by atomic mass is 10.2. The zero-order chi connectivity index (χ0) is 14.7. The van der Waals surface area contributed by atoms with Gasteiger partial charge in [-0.25, -0.2) is 0 Å². The number of hydrogen-bond acceptors (Lipinski definition) is 1. The van der Waals surface area contributed by atoms with Gasteiger partial charge in [0.05, 0.1) is 0 Å². The van der Waals surface area contributed by atoms with Gasteiger partial charge in [0.25, 0.3) is 5.91 Å². The Labute approximate surface area is 120 Å². The molecular formula is C17H22N2O. The number of nitrogens with zero attached hydrogens (tertiary/aromatic N) is 1. The van der Waals surface area contributed by atoms with Gasteiger partial charge in [0.1, 0.15) is 0 Å². The topological polar surface area (TPSA) is 34.0 Å². The first-order valence-electron chi connectivity index (χ1n) is 7.01. The van der Waals surface area contributed by atoms with Crippen molar-refractivity contribution in [3.05, 3.63) is 58.9 Å². The van der Waals surface area contributed by atoms with E-state index in [0.29, 0.717) is 18.2 Å². The summed E-state index contributed by atoms with van der Waals surface area (Å²) in [4.78, 5) is 12.0. The van der Waals surface area contributed by atoms with Crippen LogP contribution < -0.4 is 5.32 Å². The summed E-state index contributed by atoms with van der Waals surface area (Å²) in [6, 6.07) is 11.9. The van der Waals surface area contributed by atoms with E-state index >= 15 is 0 Å². The second-order valence-corrected chi connectivity index (χ2v) is 5.41. The van der Waals surface area contributed by atoms with Gasteiger partial charge >= 0.3 is 0 Å². The highest BCUT2D eigenvalue weighted by atomic mass is 16.1. The molecule has 0 unspecified atom stereocenters. The fraction of sp³-hybridized carbons (Fsp3) is 0.353. The molecule has 1 heterocycles. The molecule has 0 saturated carbocycles. The average Bonchev–Trinajstić information content (AvgIpc) is 2.71. The summed E-state index contributed by atoms with van der Waals surface area (Å²) in [5.74, 6) is -0.0278. The van der Waals surface area contributed by atoms with Crippen LogP contribution in [0.2, 0.25) is 0 Å². The van der Waals surface area contributed by atoms with Crippen LogP contribution in [-0.4, -0.2) is 10.5 Å². The summed E-state index contributed by atoms with van der Waals surface area (Å²) in [7, 11) is 0. The Kier molecular flexibility index (Phi) is 4.28. The largest absolute Gasteiger partial charge is 0.348 e. The molecule has 0 aliphatic carbocycles. The Morgan fingerprint density at radius 3 is 2.40 bits per heavy atom. The zero-order valence-electron chi connectivity index (χ0n) is 12.6. The maximum atomic E-state index is 12.0. The van der Waals surface area contributed by atoms with Crippen LogP contribution in [0.5, 0.6) is 0 Å². The second kappa shape index (κ2) is 5.95. The summed E-state index contributed by atoms with van der Waals surface area (Å²) < 4.78 is 2.30. The molecule has 3 nitrogen and oxygen atoms in total. The normalized spacial score (nSPS) is 10.8. The molecule has 0 atom stereocenters. The van der Waals surface area contributed by atoms with Gasteiger partial charge in [0, 0.05) is 29.5 Å². The van der Waals surface area contributed by atoms with Crippen LogP contribution in [0.25, 0.3) is 0 Å². The minimum Gasteiger partial charge on any atom is -0.348 e. The Balaban J connectivity index is 2.09. The van der Waals surface area contributed by atoms with Crippen LogP contribution in [0.4, 0.5) is 0 Å². The Hall–Kier alpha value is -2.03. The molecule has 0 fully saturated rings. The molecule has 1 amide bonds. The van der Waals surface area contributed by atoms with Crippen molar-refractivity contribution < 1.29 is 4.79 Å². The van der Waals surface area contributed by atoms with Crippen molar-refractivity contribution >= 4 is 5.91 Å². The Morgan fingerprint density at radius 2 is 1.85 bits per heavy atom. The van der Waals surface area contributed by atoms with Gasteiger partial charge in [-0.05, 0) is 51.5 Å². The fourth-order valence-electron chi connectivity index (χ4n) is 2.69. The zero-order valence-corrected chi connectivity index (χ0v) is 12.6. The van der Waals surface area contributed by atoms with Crippen LogP contribution in [0.3, 0.4) is 0 Å². The molecule has 1 aromatic heterocycles. The van der Waals surface area contributed by atoms with E-state index in [1.54, 1.807) is 0 Å². The molecule has 0 aliphatic heterocycles. The molecule has 0 spiro atoms. The van der Waals surface area contributed by atoms with Gasteiger partial charge in [-0.2, -0.15) is 0 Å². The summed E-state index contributed by atoms with van der Waals surface area (Å²) in [5.41, 5.74) is 4.35. The van der Waals surface area contributed by atoms with Gasteiger partial charge in [-0.1, -0.05) is 18.2 Å². The highest BCUT2D eigenvalue weighted by molar-refractivity contribution is 5.94. The molecule has 0 bridgehead atoms.